The lowest BCUT2D eigenvalue weighted by Crippen LogP contribution is -2.41. The van der Waals surface area contributed by atoms with Crippen molar-refractivity contribution in [3.63, 3.8) is 0 Å². The van der Waals surface area contributed by atoms with E-state index in [0.717, 1.165) is 32.1 Å². The molecule has 1 rings (SSSR count). The topological polar surface area (TPSA) is 29.3 Å². The number of halogens is 1. The van der Waals surface area contributed by atoms with Gasteiger partial charge in [-0.3, -0.25) is 4.39 Å². The van der Waals surface area contributed by atoms with E-state index >= 15 is 0 Å². The van der Waals surface area contributed by atoms with Gasteiger partial charge in [-0.1, -0.05) is 6.42 Å². The quantitative estimate of drug-likeness (QED) is 0.657. The fourth-order valence-corrected chi connectivity index (χ4v) is 1.79. The van der Waals surface area contributed by atoms with E-state index in [-0.39, 0.29) is 6.67 Å². The second-order valence-electron chi connectivity index (χ2n) is 3.81. The summed E-state index contributed by atoms with van der Waals surface area (Å²) >= 11 is 0. The van der Waals surface area contributed by atoms with Crippen molar-refractivity contribution >= 4 is 0 Å². The highest BCUT2D eigenvalue weighted by atomic mass is 19.1. The van der Waals surface area contributed by atoms with E-state index in [2.05, 4.69) is 4.90 Å². The summed E-state index contributed by atoms with van der Waals surface area (Å²) < 4.78 is 12.0. The van der Waals surface area contributed by atoms with Crippen LogP contribution in [0.2, 0.25) is 0 Å². The van der Waals surface area contributed by atoms with E-state index < -0.39 is 0 Å². The molecule has 0 heterocycles. The van der Waals surface area contributed by atoms with E-state index in [1.54, 1.807) is 0 Å². The fraction of sp³-hybridized carbons (Fsp3) is 1.00. The van der Waals surface area contributed by atoms with Gasteiger partial charge in [0.1, 0.15) is 0 Å². The third-order valence-electron chi connectivity index (χ3n) is 2.82. The van der Waals surface area contributed by atoms with Crippen LogP contribution in [0.25, 0.3) is 0 Å². The Balaban J connectivity index is 2.16. The Morgan fingerprint density at radius 3 is 2.38 bits per heavy atom. The molecule has 0 spiro atoms. The first-order valence-electron chi connectivity index (χ1n) is 5.38. The maximum Gasteiger partial charge on any atom is 0.0906 e. The Kier molecular flexibility index (Phi) is 5.32. The Morgan fingerprint density at radius 1 is 1.23 bits per heavy atom. The second kappa shape index (κ2) is 6.33. The second-order valence-corrected chi connectivity index (χ2v) is 3.81. The number of nitrogens with zero attached hydrogens (tertiary/aromatic N) is 1. The minimum atomic E-state index is -0.189. The van der Waals surface area contributed by atoms with Crippen molar-refractivity contribution in [3.8, 4) is 0 Å². The van der Waals surface area contributed by atoms with Crippen molar-refractivity contribution in [3.05, 3.63) is 0 Å². The van der Waals surface area contributed by atoms with Crippen LogP contribution in [-0.2, 0) is 0 Å². The normalized spacial score (nSPS) is 17.8. The SMILES string of the molecule is NCCCN(CCCF)C1CCC1. The van der Waals surface area contributed by atoms with Gasteiger partial charge in [0.2, 0.25) is 0 Å². The standard InChI is InChI=1S/C10H21FN2/c11-6-2-8-13(9-3-7-12)10-4-1-5-10/h10H,1-9,12H2. The van der Waals surface area contributed by atoms with E-state index in [9.17, 15) is 4.39 Å². The van der Waals surface area contributed by atoms with Crippen LogP contribution in [-0.4, -0.2) is 37.3 Å². The molecule has 0 aromatic rings. The molecule has 0 aromatic carbocycles. The third kappa shape index (κ3) is 3.61. The molecule has 1 aliphatic rings. The van der Waals surface area contributed by atoms with Crippen LogP contribution >= 0.6 is 0 Å². The van der Waals surface area contributed by atoms with Gasteiger partial charge in [0.15, 0.2) is 0 Å². The van der Waals surface area contributed by atoms with Gasteiger partial charge in [0, 0.05) is 12.6 Å². The first kappa shape index (κ1) is 10.9. The van der Waals surface area contributed by atoms with Gasteiger partial charge in [-0.15, -0.1) is 0 Å². The fourth-order valence-electron chi connectivity index (χ4n) is 1.79. The number of rotatable bonds is 7. The van der Waals surface area contributed by atoms with Gasteiger partial charge in [0.25, 0.3) is 0 Å². The van der Waals surface area contributed by atoms with Gasteiger partial charge in [-0.2, -0.15) is 0 Å². The summed E-state index contributed by atoms with van der Waals surface area (Å²) in [6, 6.07) is 0.734. The van der Waals surface area contributed by atoms with Crippen molar-refractivity contribution in [2.45, 2.75) is 38.1 Å². The average Bonchev–Trinajstić information content (AvgIpc) is 2.06. The lowest BCUT2D eigenvalue weighted by molar-refractivity contribution is 0.122. The van der Waals surface area contributed by atoms with E-state index in [4.69, 9.17) is 5.73 Å². The van der Waals surface area contributed by atoms with Crippen LogP contribution in [0.1, 0.15) is 32.1 Å². The smallest absolute Gasteiger partial charge is 0.0906 e. The number of nitrogens with two attached hydrogens (primary N) is 1. The van der Waals surface area contributed by atoms with Gasteiger partial charge in [-0.05, 0) is 38.8 Å². The Morgan fingerprint density at radius 2 is 1.92 bits per heavy atom. The summed E-state index contributed by atoms with van der Waals surface area (Å²) in [4.78, 5) is 2.41. The monoisotopic (exact) mass is 188 g/mol. The summed E-state index contributed by atoms with van der Waals surface area (Å²) in [5, 5.41) is 0. The molecule has 2 nitrogen and oxygen atoms in total. The van der Waals surface area contributed by atoms with Gasteiger partial charge >= 0.3 is 0 Å². The highest BCUT2D eigenvalue weighted by Crippen LogP contribution is 2.24. The molecule has 78 valence electrons. The predicted octanol–water partition coefficient (Wildman–Crippen LogP) is 1.55. The maximum absolute atomic E-state index is 12.0. The molecule has 2 N–H and O–H groups in total. The number of hydrogen-bond acceptors (Lipinski definition) is 2. The number of alkyl halides is 1. The largest absolute Gasteiger partial charge is 0.330 e. The number of hydrogen-bond donors (Lipinski definition) is 1. The molecule has 0 aromatic heterocycles. The van der Waals surface area contributed by atoms with Crippen LogP contribution in [0, 0.1) is 0 Å². The lowest BCUT2D eigenvalue weighted by atomic mass is 9.91. The molecule has 1 aliphatic carbocycles. The zero-order chi connectivity index (χ0) is 9.52. The highest BCUT2D eigenvalue weighted by molar-refractivity contribution is 4.79. The average molecular weight is 188 g/mol. The van der Waals surface area contributed by atoms with Crippen LogP contribution in [0.3, 0.4) is 0 Å². The summed E-state index contributed by atoms with van der Waals surface area (Å²) in [5.41, 5.74) is 5.46. The minimum absolute atomic E-state index is 0.189. The maximum atomic E-state index is 12.0. The molecule has 1 fully saturated rings. The van der Waals surface area contributed by atoms with Crippen molar-refractivity contribution in [1.29, 1.82) is 0 Å². The van der Waals surface area contributed by atoms with Gasteiger partial charge in [0.05, 0.1) is 6.67 Å². The molecular weight excluding hydrogens is 167 g/mol. The molecule has 0 unspecified atom stereocenters. The molecule has 13 heavy (non-hydrogen) atoms. The zero-order valence-corrected chi connectivity index (χ0v) is 8.34. The minimum Gasteiger partial charge on any atom is -0.330 e. The lowest BCUT2D eigenvalue weighted by Gasteiger charge is -2.37. The molecular formula is C10H21FN2. The van der Waals surface area contributed by atoms with Crippen molar-refractivity contribution in [2.24, 2.45) is 5.73 Å². The Labute approximate surface area is 80.3 Å². The van der Waals surface area contributed by atoms with Crippen LogP contribution in [0.4, 0.5) is 4.39 Å². The molecule has 0 radical (unpaired) electrons. The Hall–Kier alpha value is -0.150. The highest BCUT2D eigenvalue weighted by Gasteiger charge is 2.23. The Bertz CT molecular complexity index is 118. The first-order valence-corrected chi connectivity index (χ1v) is 5.38. The summed E-state index contributed by atoms with van der Waals surface area (Å²) in [7, 11) is 0. The van der Waals surface area contributed by atoms with Crippen molar-refractivity contribution < 1.29 is 4.39 Å². The molecule has 1 saturated carbocycles. The van der Waals surface area contributed by atoms with E-state index in [1.165, 1.54) is 19.3 Å². The summed E-state index contributed by atoms with van der Waals surface area (Å²) in [6.07, 6.45) is 5.68. The molecule has 0 aliphatic heterocycles. The molecule has 0 atom stereocenters. The molecule has 0 saturated heterocycles. The predicted molar refractivity (Wildman–Crippen MR) is 53.5 cm³/mol. The van der Waals surface area contributed by atoms with Gasteiger partial charge in [-0.25, -0.2) is 0 Å². The van der Waals surface area contributed by atoms with Crippen LogP contribution in [0.15, 0.2) is 0 Å². The first-order chi connectivity index (χ1) is 6.38. The summed E-state index contributed by atoms with van der Waals surface area (Å²) in [6.45, 7) is 2.53. The third-order valence-corrected chi connectivity index (χ3v) is 2.82. The molecule has 0 bridgehead atoms. The van der Waals surface area contributed by atoms with E-state index in [1.807, 2.05) is 0 Å². The zero-order valence-electron chi connectivity index (χ0n) is 8.34. The summed E-state index contributed by atoms with van der Waals surface area (Å²) in [5.74, 6) is 0. The van der Waals surface area contributed by atoms with Crippen LogP contribution in [0.5, 0.6) is 0 Å². The van der Waals surface area contributed by atoms with E-state index in [0.29, 0.717) is 6.42 Å². The molecule has 3 heteroatoms. The van der Waals surface area contributed by atoms with Crippen molar-refractivity contribution in [2.75, 3.05) is 26.3 Å². The van der Waals surface area contributed by atoms with Gasteiger partial charge < -0.3 is 10.6 Å². The van der Waals surface area contributed by atoms with Crippen molar-refractivity contribution in [1.82, 2.24) is 4.90 Å². The van der Waals surface area contributed by atoms with Crippen LogP contribution < -0.4 is 5.73 Å². The molecule has 0 amide bonds.